The van der Waals surface area contributed by atoms with Gasteiger partial charge in [0.15, 0.2) is 11.5 Å². The Kier molecular flexibility index (Phi) is 6.48. The Bertz CT molecular complexity index is 976. The number of ether oxygens (including phenoxy) is 2. The van der Waals surface area contributed by atoms with Crippen LogP contribution in [-0.2, 0) is 11.3 Å². The van der Waals surface area contributed by atoms with Crippen molar-refractivity contribution < 1.29 is 24.0 Å². The molecule has 0 aromatic heterocycles. The first-order valence-corrected chi connectivity index (χ1v) is 9.23. The average molecular weight is 414 g/mol. The second-order valence-corrected chi connectivity index (χ2v) is 6.94. The maximum absolute atomic E-state index is 12.6. The molecule has 0 aliphatic carbocycles. The molecule has 2 aromatic carbocycles. The van der Waals surface area contributed by atoms with Crippen molar-refractivity contribution in [2.24, 2.45) is 0 Å². The van der Waals surface area contributed by atoms with E-state index in [1.54, 1.807) is 43.3 Å². The summed E-state index contributed by atoms with van der Waals surface area (Å²) in [6.45, 7) is 0.964. The molecule has 2 N–H and O–H groups in total. The number of anilines is 1. The highest BCUT2D eigenvalue weighted by atomic mass is 16.6. The van der Waals surface area contributed by atoms with Gasteiger partial charge in [0.2, 0.25) is 5.91 Å². The van der Waals surface area contributed by atoms with Crippen molar-refractivity contribution in [1.29, 1.82) is 0 Å². The quantitative estimate of drug-likeness (QED) is 0.523. The van der Waals surface area contributed by atoms with E-state index in [1.165, 1.54) is 12.1 Å². The lowest BCUT2D eigenvalue weighted by Gasteiger charge is -2.19. The predicted octanol–water partition coefficient (Wildman–Crippen LogP) is 1.80. The van der Waals surface area contributed by atoms with Gasteiger partial charge in [-0.25, -0.2) is 0 Å². The molecule has 1 heterocycles. The third-order valence-corrected chi connectivity index (χ3v) is 4.23. The van der Waals surface area contributed by atoms with Crippen LogP contribution in [0.5, 0.6) is 11.5 Å². The molecule has 0 radical (unpaired) electrons. The Morgan fingerprint density at radius 1 is 1.13 bits per heavy atom. The molecule has 2 aromatic rings. The zero-order valence-corrected chi connectivity index (χ0v) is 16.6. The van der Waals surface area contributed by atoms with Crippen molar-refractivity contribution in [3.05, 3.63) is 57.6 Å². The van der Waals surface area contributed by atoms with Crippen LogP contribution in [0, 0.1) is 10.1 Å². The summed E-state index contributed by atoms with van der Waals surface area (Å²) in [6, 6.07) is 9.51. The van der Waals surface area contributed by atoms with Gasteiger partial charge in [-0.05, 0) is 31.8 Å². The molecular weight excluding hydrogens is 392 g/mol. The van der Waals surface area contributed by atoms with Gasteiger partial charge in [0, 0.05) is 18.3 Å². The summed E-state index contributed by atoms with van der Waals surface area (Å²) in [6.07, 6.45) is 0. The normalized spacial score (nSPS) is 12.4. The number of benzene rings is 2. The standard InChI is InChI=1S/C20H22N4O6/c1-23(2)12-19(25)22-14-5-3-4-13(8-14)11-21-20(26)15-9-17-18(30-7-6-29-17)10-16(15)24(27)28/h3-5,8-10H,6-7,11-12H2,1-2H3,(H,21,26)(H,22,25). The first-order valence-electron chi connectivity index (χ1n) is 9.23. The second-order valence-electron chi connectivity index (χ2n) is 6.94. The Morgan fingerprint density at radius 3 is 2.50 bits per heavy atom. The third-order valence-electron chi connectivity index (χ3n) is 4.23. The van der Waals surface area contributed by atoms with Gasteiger partial charge in [0.1, 0.15) is 18.8 Å². The van der Waals surface area contributed by atoms with E-state index in [1.807, 2.05) is 0 Å². The maximum Gasteiger partial charge on any atom is 0.286 e. The average Bonchev–Trinajstić information content (AvgIpc) is 2.70. The summed E-state index contributed by atoms with van der Waals surface area (Å²) < 4.78 is 10.8. The van der Waals surface area contributed by atoms with Crippen LogP contribution in [0.25, 0.3) is 0 Å². The van der Waals surface area contributed by atoms with E-state index in [0.717, 1.165) is 5.56 Å². The van der Waals surface area contributed by atoms with Crippen molar-refractivity contribution in [2.45, 2.75) is 6.54 Å². The summed E-state index contributed by atoms with van der Waals surface area (Å²) in [5, 5.41) is 16.8. The zero-order chi connectivity index (χ0) is 21.7. The van der Waals surface area contributed by atoms with E-state index in [4.69, 9.17) is 9.47 Å². The first kappa shape index (κ1) is 21.1. The van der Waals surface area contributed by atoms with Gasteiger partial charge in [-0.2, -0.15) is 0 Å². The highest BCUT2D eigenvalue weighted by Crippen LogP contribution is 2.36. The van der Waals surface area contributed by atoms with E-state index < -0.39 is 10.8 Å². The molecule has 30 heavy (non-hydrogen) atoms. The van der Waals surface area contributed by atoms with E-state index >= 15 is 0 Å². The van der Waals surface area contributed by atoms with E-state index in [-0.39, 0.29) is 42.6 Å². The molecule has 0 unspecified atom stereocenters. The van der Waals surface area contributed by atoms with Crippen LogP contribution in [0.3, 0.4) is 0 Å². The minimum absolute atomic E-state index is 0.111. The third kappa shape index (κ3) is 5.23. The molecule has 10 nitrogen and oxygen atoms in total. The predicted molar refractivity (Wildman–Crippen MR) is 109 cm³/mol. The SMILES string of the molecule is CN(C)CC(=O)Nc1cccc(CNC(=O)c2cc3c(cc2[N+](=O)[O-])OCCO3)c1. The molecule has 1 aliphatic heterocycles. The van der Waals surface area contributed by atoms with Crippen LogP contribution in [-0.4, -0.2) is 55.5 Å². The van der Waals surface area contributed by atoms with Crippen molar-refractivity contribution in [3.63, 3.8) is 0 Å². The molecule has 0 fully saturated rings. The van der Waals surface area contributed by atoms with Crippen molar-refractivity contribution in [1.82, 2.24) is 10.2 Å². The lowest BCUT2D eigenvalue weighted by molar-refractivity contribution is -0.385. The van der Waals surface area contributed by atoms with Crippen LogP contribution in [0.15, 0.2) is 36.4 Å². The van der Waals surface area contributed by atoms with E-state index in [2.05, 4.69) is 10.6 Å². The summed E-state index contributed by atoms with van der Waals surface area (Å²) in [5.74, 6) is -0.234. The minimum Gasteiger partial charge on any atom is -0.486 e. The van der Waals surface area contributed by atoms with Crippen LogP contribution >= 0.6 is 0 Å². The fraction of sp³-hybridized carbons (Fsp3) is 0.300. The number of likely N-dealkylation sites (N-methyl/N-ethyl adjacent to an activating group) is 1. The summed E-state index contributed by atoms with van der Waals surface area (Å²) in [4.78, 5) is 37.0. The van der Waals surface area contributed by atoms with Crippen LogP contribution in [0.2, 0.25) is 0 Å². The molecule has 0 saturated heterocycles. The second kappa shape index (κ2) is 9.23. The first-order chi connectivity index (χ1) is 14.3. The number of nitro groups is 1. The maximum atomic E-state index is 12.6. The lowest BCUT2D eigenvalue weighted by atomic mass is 10.1. The number of hydrogen-bond acceptors (Lipinski definition) is 7. The number of carbonyl (C=O) groups is 2. The van der Waals surface area contributed by atoms with Gasteiger partial charge >= 0.3 is 0 Å². The van der Waals surface area contributed by atoms with Gasteiger partial charge in [-0.1, -0.05) is 12.1 Å². The largest absolute Gasteiger partial charge is 0.486 e. The van der Waals surface area contributed by atoms with E-state index in [0.29, 0.717) is 18.0 Å². The molecule has 0 bridgehead atoms. The Morgan fingerprint density at radius 2 is 1.83 bits per heavy atom. The van der Waals surface area contributed by atoms with Crippen molar-refractivity contribution >= 4 is 23.2 Å². The van der Waals surface area contributed by atoms with Crippen molar-refractivity contribution in [2.75, 3.05) is 39.2 Å². The Balaban J connectivity index is 1.71. The number of amides is 2. The summed E-state index contributed by atoms with van der Waals surface area (Å²) >= 11 is 0. The van der Waals surface area contributed by atoms with Crippen LogP contribution < -0.4 is 20.1 Å². The topological polar surface area (TPSA) is 123 Å². The fourth-order valence-corrected chi connectivity index (χ4v) is 2.94. The molecule has 3 rings (SSSR count). The Hall–Kier alpha value is -3.66. The van der Waals surface area contributed by atoms with E-state index in [9.17, 15) is 19.7 Å². The molecular formula is C20H22N4O6. The van der Waals surface area contributed by atoms with Gasteiger partial charge in [-0.3, -0.25) is 19.7 Å². The smallest absolute Gasteiger partial charge is 0.286 e. The molecule has 0 atom stereocenters. The lowest BCUT2D eigenvalue weighted by Crippen LogP contribution is -2.27. The van der Waals surface area contributed by atoms with Gasteiger partial charge in [0.25, 0.3) is 11.6 Å². The minimum atomic E-state index is -0.631. The summed E-state index contributed by atoms with van der Waals surface area (Å²) in [7, 11) is 3.59. The molecule has 0 saturated carbocycles. The number of rotatable bonds is 7. The monoisotopic (exact) mass is 414 g/mol. The van der Waals surface area contributed by atoms with Gasteiger partial charge in [-0.15, -0.1) is 0 Å². The van der Waals surface area contributed by atoms with Crippen LogP contribution in [0.4, 0.5) is 11.4 Å². The van der Waals surface area contributed by atoms with Gasteiger partial charge in [0.05, 0.1) is 17.5 Å². The number of nitrogens with zero attached hydrogens (tertiary/aromatic N) is 2. The summed E-state index contributed by atoms with van der Waals surface area (Å²) in [5.41, 5.74) is 0.853. The molecule has 10 heteroatoms. The van der Waals surface area contributed by atoms with Crippen LogP contribution in [0.1, 0.15) is 15.9 Å². The highest BCUT2D eigenvalue weighted by Gasteiger charge is 2.26. The molecule has 0 spiro atoms. The fourth-order valence-electron chi connectivity index (χ4n) is 2.94. The number of nitrogens with one attached hydrogen (secondary N) is 2. The molecule has 1 aliphatic rings. The van der Waals surface area contributed by atoms with Gasteiger partial charge < -0.3 is 25.0 Å². The number of hydrogen-bond donors (Lipinski definition) is 2. The number of fused-ring (bicyclic) bond motifs is 1. The number of nitro benzene ring substituents is 1. The molecule has 158 valence electrons. The Labute approximate surface area is 172 Å². The highest BCUT2D eigenvalue weighted by molar-refractivity contribution is 5.99. The molecule has 2 amide bonds. The van der Waals surface area contributed by atoms with Crippen molar-refractivity contribution in [3.8, 4) is 11.5 Å². The number of carbonyl (C=O) groups excluding carboxylic acids is 2. The zero-order valence-electron chi connectivity index (χ0n) is 16.6.